The summed E-state index contributed by atoms with van der Waals surface area (Å²) in [6.45, 7) is 12.6. The topological polar surface area (TPSA) is 238 Å². The monoisotopic (exact) mass is 1230 g/mol. The Morgan fingerprint density at radius 2 is 1.47 bits per heavy atom. The van der Waals surface area contributed by atoms with Crippen molar-refractivity contribution in [3.8, 4) is 21.6 Å². The van der Waals surface area contributed by atoms with Crippen molar-refractivity contribution in [2.45, 2.75) is 154 Å². The number of amides is 6. The number of anilines is 2. The molecule has 1 aliphatic carbocycles. The molecule has 468 valence electrons. The fraction of sp³-hybridized carbons (Fsp3) is 0.492. The Morgan fingerprint density at radius 1 is 0.828 bits per heavy atom. The number of aromatic amines is 1. The van der Waals surface area contributed by atoms with E-state index in [1.807, 2.05) is 57.0 Å². The van der Waals surface area contributed by atoms with Gasteiger partial charge in [-0.1, -0.05) is 76.8 Å². The number of carbonyl (C=O) groups excluding carboxylic acids is 6. The Hall–Kier alpha value is -7.57. The third-order valence-electron chi connectivity index (χ3n) is 16.5. The zero-order valence-electron chi connectivity index (χ0n) is 50.0. The first-order valence-electron chi connectivity index (χ1n) is 29.5. The van der Waals surface area contributed by atoms with Gasteiger partial charge in [0.15, 0.2) is 5.67 Å². The molecule has 24 heteroatoms. The molecule has 18 nitrogen and oxygen atoms in total. The number of nitrogens with zero attached hydrogens (tertiary/aromatic N) is 4. The highest BCUT2D eigenvalue weighted by Crippen LogP contribution is 2.41. The molecule has 0 bridgehead atoms. The Bertz CT molecular complexity index is 3370. The van der Waals surface area contributed by atoms with E-state index in [4.69, 9.17) is 0 Å². The standard InChI is InChI=1S/C63H77F5N10O8S/c1-36-32-77(33-37(2)76(36)7)50-21-19-41(27-49(50)74-57(83)45-31-71-52(80)29-46(45)63(66,67)68)44-26-42(18-20-47(44)64)56(82)70-25-13-11-9-8-10-12-24-69-53(81)30-48(39-14-16-40(17-15-39)54-38(3)72-35-87-54)73-58(84)51-28-43(79)34-78(51)59(85)55(61(4,5)6)75-60(86)62(65)22-23-62/h14-21,26-27,29,31,35-37,43,48,51,55,79H,8-13,22-25,28,30,32-34H2,1-7H3,(H,69,81)(H,70,82)(H,71,80)(H,73,84)(H,74,83)(H,75,86)/t36-,37+,43-,48+,51+,55-/m1/s1. The summed E-state index contributed by atoms with van der Waals surface area (Å²) in [5.74, 6) is -4.70. The minimum absolute atomic E-state index is 0.0192. The van der Waals surface area contributed by atoms with Gasteiger partial charge in [0, 0.05) is 74.6 Å². The van der Waals surface area contributed by atoms with Crippen LogP contribution in [0.5, 0.6) is 0 Å². The molecule has 4 heterocycles. The number of likely N-dealkylation sites (N-methyl/N-ethyl adjacent to an activating group) is 1. The van der Waals surface area contributed by atoms with E-state index in [2.05, 4.69) is 41.5 Å². The maximum Gasteiger partial charge on any atom is 0.417 e. The second-order valence-electron chi connectivity index (χ2n) is 24.3. The van der Waals surface area contributed by atoms with E-state index in [9.17, 15) is 56.2 Å². The second kappa shape index (κ2) is 27.6. The number of piperazine rings is 1. The number of likely N-dealkylation sites (tertiary alicyclic amines) is 1. The number of hydrogen-bond donors (Lipinski definition) is 7. The number of hydrogen-bond acceptors (Lipinski definition) is 12. The van der Waals surface area contributed by atoms with E-state index < -0.39 is 93.5 Å². The first kappa shape index (κ1) is 65.4. The molecule has 0 radical (unpaired) electrons. The van der Waals surface area contributed by atoms with Crippen molar-refractivity contribution in [1.29, 1.82) is 0 Å². The van der Waals surface area contributed by atoms with Crippen LogP contribution in [0, 0.1) is 18.2 Å². The summed E-state index contributed by atoms with van der Waals surface area (Å²) < 4.78 is 72.6. The molecule has 0 unspecified atom stereocenters. The number of aryl methyl sites for hydroxylation is 1. The highest BCUT2D eigenvalue weighted by atomic mass is 32.1. The number of carbonyl (C=O) groups is 6. The SMILES string of the molecule is Cc1ncsc1-c1ccc([C@H](CC(=O)NCCCCCCCCNC(=O)c2ccc(F)c(-c3ccc(N4C[C@@H](C)N(C)[C@@H](C)C4)c(NC(=O)c4c[nH]c(=O)cc4C(F)(F)F)c3)c2)NC(=O)[C@@H]2C[C@@H](O)CN2C(=O)[C@@H](NC(=O)C2(F)CC2)C(C)(C)C)cc1. The molecular formula is C63H77F5N10O8S. The lowest BCUT2D eigenvalue weighted by Gasteiger charge is -2.44. The summed E-state index contributed by atoms with van der Waals surface area (Å²) in [6.07, 6.45) is -0.893. The van der Waals surface area contributed by atoms with Crippen LogP contribution in [0.4, 0.5) is 33.3 Å². The smallest absolute Gasteiger partial charge is 0.391 e. The summed E-state index contributed by atoms with van der Waals surface area (Å²) in [5, 5.41) is 24.8. The van der Waals surface area contributed by atoms with Crippen molar-refractivity contribution in [3.63, 3.8) is 0 Å². The zero-order valence-corrected chi connectivity index (χ0v) is 50.8. The fourth-order valence-electron chi connectivity index (χ4n) is 11.1. The molecule has 87 heavy (non-hydrogen) atoms. The van der Waals surface area contributed by atoms with Gasteiger partial charge < -0.3 is 46.5 Å². The third-order valence-corrected chi connectivity index (χ3v) is 17.5. The minimum Gasteiger partial charge on any atom is -0.391 e. The Morgan fingerprint density at radius 3 is 2.09 bits per heavy atom. The number of halogens is 5. The van der Waals surface area contributed by atoms with Crippen LogP contribution in [-0.4, -0.2) is 136 Å². The first-order valence-corrected chi connectivity index (χ1v) is 30.4. The number of nitrogens with one attached hydrogen (secondary N) is 6. The van der Waals surface area contributed by atoms with E-state index in [1.54, 1.807) is 38.4 Å². The van der Waals surface area contributed by atoms with E-state index in [1.165, 1.54) is 34.4 Å². The first-order chi connectivity index (χ1) is 41.1. The van der Waals surface area contributed by atoms with Gasteiger partial charge in [-0.15, -0.1) is 11.3 Å². The van der Waals surface area contributed by atoms with Crippen molar-refractivity contribution in [3.05, 3.63) is 123 Å². The molecule has 0 spiro atoms. The fourth-order valence-corrected chi connectivity index (χ4v) is 11.9. The maximum atomic E-state index is 15.7. The molecule has 5 aromatic rings. The molecule has 3 aromatic carbocycles. The summed E-state index contributed by atoms with van der Waals surface area (Å²) in [7, 11) is 1.98. The van der Waals surface area contributed by atoms with Gasteiger partial charge in [0.2, 0.25) is 23.3 Å². The van der Waals surface area contributed by atoms with E-state index >= 15 is 4.39 Å². The van der Waals surface area contributed by atoms with Crippen molar-refractivity contribution < 1.29 is 55.8 Å². The normalized spacial score (nSPS) is 19.2. The van der Waals surface area contributed by atoms with Crippen LogP contribution in [0.15, 0.2) is 83.2 Å². The maximum absolute atomic E-state index is 15.7. The number of rotatable bonds is 23. The zero-order chi connectivity index (χ0) is 63.1. The quantitative estimate of drug-likeness (QED) is 0.0241. The number of unbranched alkanes of at least 4 members (excludes halogenated alkanes) is 5. The predicted octanol–water partition coefficient (Wildman–Crippen LogP) is 8.84. The summed E-state index contributed by atoms with van der Waals surface area (Å²) in [4.78, 5) is 107. The molecule has 2 saturated heterocycles. The Kier molecular flexibility index (Phi) is 20.8. The van der Waals surface area contributed by atoms with Gasteiger partial charge in [-0.2, -0.15) is 13.2 Å². The molecule has 6 amide bonds. The minimum atomic E-state index is -5.01. The molecular weight excluding hydrogens is 1150 g/mol. The lowest BCUT2D eigenvalue weighted by Crippen LogP contribution is -2.59. The summed E-state index contributed by atoms with van der Waals surface area (Å²) in [5.41, 5.74) is -0.999. The van der Waals surface area contributed by atoms with Crippen LogP contribution in [0.2, 0.25) is 0 Å². The van der Waals surface area contributed by atoms with Gasteiger partial charge in [-0.05, 0) is 106 Å². The van der Waals surface area contributed by atoms with Crippen LogP contribution in [0.25, 0.3) is 21.6 Å². The van der Waals surface area contributed by atoms with Crippen LogP contribution in [0.1, 0.15) is 142 Å². The largest absolute Gasteiger partial charge is 0.417 e. The molecule has 8 rings (SSSR count). The molecule has 6 atom stereocenters. The average molecular weight is 1230 g/mol. The van der Waals surface area contributed by atoms with Gasteiger partial charge in [-0.3, -0.25) is 38.5 Å². The third kappa shape index (κ3) is 16.3. The number of aliphatic hydroxyl groups is 1. The molecule has 2 aliphatic heterocycles. The molecule has 7 N–H and O–H groups in total. The predicted molar refractivity (Wildman–Crippen MR) is 322 cm³/mol. The van der Waals surface area contributed by atoms with Crippen LogP contribution < -0.4 is 37.0 Å². The molecule has 1 saturated carbocycles. The van der Waals surface area contributed by atoms with Crippen molar-refractivity contribution in [2.75, 3.05) is 50.0 Å². The number of alkyl halides is 4. The second-order valence-corrected chi connectivity index (χ2v) is 25.1. The van der Waals surface area contributed by atoms with E-state index in [0.29, 0.717) is 62.5 Å². The summed E-state index contributed by atoms with van der Waals surface area (Å²) >= 11 is 1.48. The number of pyridine rings is 1. The van der Waals surface area contributed by atoms with E-state index in [0.717, 1.165) is 47.9 Å². The lowest BCUT2D eigenvalue weighted by molar-refractivity contribution is -0.145. The van der Waals surface area contributed by atoms with Gasteiger partial charge in [0.05, 0.1) is 57.1 Å². The molecule has 3 fully saturated rings. The Labute approximate surface area is 506 Å². The summed E-state index contributed by atoms with van der Waals surface area (Å²) in [6, 6.07) is 13.3. The van der Waals surface area contributed by atoms with Crippen LogP contribution in [-0.2, 0) is 25.4 Å². The molecule has 3 aliphatic rings. The van der Waals surface area contributed by atoms with Crippen LogP contribution in [0.3, 0.4) is 0 Å². The van der Waals surface area contributed by atoms with Gasteiger partial charge in [0.25, 0.3) is 17.7 Å². The van der Waals surface area contributed by atoms with Crippen molar-refractivity contribution >= 4 is 58.2 Å². The van der Waals surface area contributed by atoms with Crippen LogP contribution >= 0.6 is 11.3 Å². The van der Waals surface area contributed by atoms with Gasteiger partial charge in [0.1, 0.15) is 17.9 Å². The number of aliphatic hydroxyl groups excluding tert-OH is 1. The highest BCUT2D eigenvalue weighted by molar-refractivity contribution is 7.13. The van der Waals surface area contributed by atoms with Crippen molar-refractivity contribution in [1.82, 2.24) is 41.0 Å². The van der Waals surface area contributed by atoms with Gasteiger partial charge >= 0.3 is 6.18 Å². The molecule has 2 aromatic heterocycles. The highest BCUT2D eigenvalue weighted by Gasteiger charge is 2.53. The lowest BCUT2D eigenvalue weighted by atomic mass is 9.85. The number of β-amino-alcohol motifs (C(OH)–C–C–N with tert-alkyl or cyclic N) is 1. The van der Waals surface area contributed by atoms with Crippen molar-refractivity contribution in [2.24, 2.45) is 5.41 Å². The number of H-pyrrole nitrogens is 1. The van der Waals surface area contributed by atoms with Gasteiger partial charge in [-0.25, -0.2) is 13.8 Å². The number of benzene rings is 3. The number of thiazole rings is 1. The number of aromatic nitrogens is 2. The average Bonchev–Trinajstić information content (AvgIpc) is 1.92. The Balaban J connectivity index is 0.826. The van der Waals surface area contributed by atoms with E-state index in [-0.39, 0.29) is 72.6 Å².